The summed E-state index contributed by atoms with van der Waals surface area (Å²) in [5.41, 5.74) is 1.44. The number of rotatable bonds is 2. The number of para-hydroxylation sites is 1. The van der Waals surface area contributed by atoms with Crippen LogP contribution >= 0.6 is 0 Å². The first-order chi connectivity index (χ1) is 7.44. The fourth-order valence-corrected chi connectivity index (χ4v) is 2.52. The molecule has 1 heterocycles. The van der Waals surface area contributed by atoms with Crippen molar-refractivity contribution in [1.82, 2.24) is 0 Å². The molecular weight excluding hydrogens is 202 g/mol. The highest BCUT2D eigenvalue weighted by Gasteiger charge is 2.41. The van der Waals surface area contributed by atoms with E-state index >= 15 is 0 Å². The zero-order valence-corrected chi connectivity index (χ0v) is 9.90. The first-order valence-electron chi connectivity index (χ1n) is 5.55. The minimum absolute atomic E-state index is 0.239. The molecule has 0 saturated heterocycles. The van der Waals surface area contributed by atoms with Crippen LogP contribution in [0.2, 0.25) is 0 Å². The fourth-order valence-electron chi connectivity index (χ4n) is 2.52. The van der Waals surface area contributed by atoms with Crippen molar-refractivity contribution in [3.05, 3.63) is 29.8 Å². The molecule has 3 heteroatoms. The largest absolute Gasteiger partial charge is 0.480 e. The van der Waals surface area contributed by atoms with Crippen LogP contribution in [0.25, 0.3) is 0 Å². The van der Waals surface area contributed by atoms with E-state index in [0.717, 1.165) is 12.1 Å². The van der Waals surface area contributed by atoms with E-state index in [2.05, 4.69) is 13.0 Å². The number of fused-ring (bicyclic) bond motifs is 1. The smallest absolute Gasteiger partial charge is 0.328 e. The van der Waals surface area contributed by atoms with Crippen molar-refractivity contribution in [3.8, 4) is 0 Å². The van der Waals surface area contributed by atoms with Crippen LogP contribution in [0.4, 0.5) is 5.69 Å². The predicted octanol–water partition coefficient (Wildman–Crippen LogP) is 2.30. The Morgan fingerprint density at radius 3 is 2.69 bits per heavy atom. The molecule has 1 unspecified atom stereocenters. The van der Waals surface area contributed by atoms with Gasteiger partial charge in [0.15, 0.2) is 0 Å². The van der Waals surface area contributed by atoms with Gasteiger partial charge in [0.05, 0.1) is 0 Å². The molecule has 16 heavy (non-hydrogen) atoms. The van der Waals surface area contributed by atoms with Crippen LogP contribution in [-0.2, 0) is 11.2 Å². The molecule has 0 aromatic heterocycles. The van der Waals surface area contributed by atoms with Crippen LogP contribution in [0.5, 0.6) is 0 Å². The normalized spacial score (nSPS) is 19.7. The van der Waals surface area contributed by atoms with Crippen molar-refractivity contribution in [2.24, 2.45) is 0 Å². The number of nitrogens with zero attached hydrogens (tertiary/aromatic N) is 1. The van der Waals surface area contributed by atoms with Gasteiger partial charge in [-0.15, -0.1) is 0 Å². The summed E-state index contributed by atoms with van der Waals surface area (Å²) in [6.45, 7) is 5.59. The molecular formula is C13H17NO2. The topological polar surface area (TPSA) is 40.5 Å². The second-order valence-corrected chi connectivity index (χ2v) is 4.92. The van der Waals surface area contributed by atoms with Crippen LogP contribution in [0.1, 0.15) is 26.3 Å². The summed E-state index contributed by atoms with van der Waals surface area (Å²) in [6, 6.07) is 8.28. The Labute approximate surface area is 95.7 Å². The van der Waals surface area contributed by atoms with Crippen molar-refractivity contribution < 1.29 is 9.90 Å². The molecule has 2 rings (SSSR count). The average molecular weight is 219 g/mol. The van der Waals surface area contributed by atoms with Crippen LogP contribution < -0.4 is 4.90 Å². The Morgan fingerprint density at radius 1 is 1.44 bits per heavy atom. The summed E-state index contributed by atoms with van der Waals surface area (Å²) >= 11 is 0. The van der Waals surface area contributed by atoms with E-state index < -0.39 is 11.5 Å². The van der Waals surface area contributed by atoms with Gasteiger partial charge in [-0.3, -0.25) is 0 Å². The van der Waals surface area contributed by atoms with Gasteiger partial charge in [-0.2, -0.15) is 0 Å². The molecule has 0 radical (unpaired) electrons. The molecule has 0 saturated carbocycles. The Bertz CT molecular complexity index is 426. The van der Waals surface area contributed by atoms with Gasteiger partial charge < -0.3 is 10.0 Å². The molecule has 1 N–H and O–H groups in total. The van der Waals surface area contributed by atoms with Crippen molar-refractivity contribution in [3.63, 3.8) is 0 Å². The molecule has 3 nitrogen and oxygen atoms in total. The van der Waals surface area contributed by atoms with E-state index in [9.17, 15) is 9.90 Å². The highest BCUT2D eigenvalue weighted by molar-refractivity contribution is 5.84. The van der Waals surface area contributed by atoms with Crippen LogP contribution in [0.15, 0.2) is 24.3 Å². The number of benzene rings is 1. The van der Waals surface area contributed by atoms with Crippen LogP contribution in [-0.4, -0.2) is 22.7 Å². The number of carboxylic acid groups (broad SMARTS) is 1. The SMILES string of the molecule is CC1Cc2ccccc2N1C(C)(C)C(=O)O. The number of carbonyl (C=O) groups is 1. The zero-order chi connectivity index (χ0) is 11.9. The highest BCUT2D eigenvalue weighted by atomic mass is 16.4. The third-order valence-electron chi connectivity index (χ3n) is 3.33. The molecule has 0 fully saturated rings. The van der Waals surface area contributed by atoms with Gasteiger partial charge in [-0.25, -0.2) is 4.79 Å². The molecule has 1 aromatic carbocycles. The summed E-state index contributed by atoms with van der Waals surface area (Å²) < 4.78 is 0. The lowest BCUT2D eigenvalue weighted by Gasteiger charge is -2.37. The van der Waals surface area contributed by atoms with Crippen molar-refractivity contribution in [2.45, 2.75) is 38.8 Å². The maximum Gasteiger partial charge on any atom is 0.328 e. The minimum Gasteiger partial charge on any atom is -0.480 e. The summed E-state index contributed by atoms with van der Waals surface area (Å²) in [5.74, 6) is -0.781. The molecule has 1 aromatic rings. The summed E-state index contributed by atoms with van der Waals surface area (Å²) in [5, 5.41) is 9.30. The molecule has 0 bridgehead atoms. The lowest BCUT2D eigenvalue weighted by atomic mass is 10.0. The summed E-state index contributed by atoms with van der Waals surface area (Å²) in [7, 11) is 0. The maximum absolute atomic E-state index is 11.3. The van der Waals surface area contributed by atoms with Crippen molar-refractivity contribution in [2.75, 3.05) is 4.90 Å². The van der Waals surface area contributed by atoms with Crippen LogP contribution in [0, 0.1) is 0 Å². The monoisotopic (exact) mass is 219 g/mol. The van der Waals surface area contributed by atoms with Crippen molar-refractivity contribution >= 4 is 11.7 Å². The van der Waals surface area contributed by atoms with Gasteiger partial charge >= 0.3 is 5.97 Å². The summed E-state index contributed by atoms with van der Waals surface area (Å²) in [4.78, 5) is 13.3. The van der Waals surface area contributed by atoms with E-state index in [4.69, 9.17) is 0 Å². The molecule has 1 aliphatic heterocycles. The molecule has 1 atom stereocenters. The van der Waals surface area contributed by atoms with E-state index in [0.29, 0.717) is 0 Å². The average Bonchev–Trinajstić information content (AvgIpc) is 2.53. The number of aliphatic carboxylic acids is 1. The Balaban J connectivity index is 2.47. The Morgan fingerprint density at radius 2 is 2.06 bits per heavy atom. The third-order valence-corrected chi connectivity index (χ3v) is 3.33. The molecule has 86 valence electrons. The molecule has 0 aliphatic carbocycles. The fraction of sp³-hybridized carbons (Fsp3) is 0.462. The lowest BCUT2D eigenvalue weighted by Crippen LogP contribution is -2.52. The molecule has 0 amide bonds. The standard InChI is InChI=1S/C13H17NO2/c1-9-8-10-6-4-5-7-11(10)14(9)13(2,3)12(15)16/h4-7,9H,8H2,1-3H3,(H,15,16). The molecule has 1 aliphatic rings. The minimum atomic E-state index is -0.855. The highest BCUT2D eigenvalue weighted by Crippen LogP contribution is 2.37. The van der Waals surface area contributed by atoms with Gasteiger partial charge in [0.25, 0.3) is 0 Å². The maximum atomic E-state index is 11.3. The van der Waals surface area contributed by atoms with Gasteiger partial charge in [0, 0.05) is 11.7 Å². The second kappa shape index (κ2) is 3.51. The van der Waals surface area contributed by atoms with Crippen LogP contribution in [0.3, 0.4) is 0 Å². The van der Waals surface area contributed by atoms with Gasteiger partial charge in [-0.05, 0) is 38.8 Å². The predicted molar refractivity (Wildman–Crippen MR) is 63.8 cm³/mol. The number of hydrogen-bond donors (Lipinski definition) is 1. The van der Waals surface area contributed by atoms with E-state index in [1.54, 1.807) is 13.8 Å². The first kappa shape index (κ1) is 11.0. The van der Waals surface area contributed by atoms with Crippen molar-refractivity contribution in [1.29, 1.82) is 0 Å². The van der Waals surface area contributed by atoms with Gasteiger partial charge in [0.2, 0.25) is 0 Å². The number of carboxylic acids is 1. The Hall–Kier alpha value is -1.51. The quantitative estimate of drug-likeness (QED) is 0.829. The van der Waals surface area contributed by atoms with Gasteiger partial charge in [0.1, 0.15) is 5.54 Å². The number of anilines is 1. The first-order valence-corrected chi connectivity index (χ1v) is 5.55. The van der Waals surface area contributed by atoms with E-state index in [1.807, 2.05) is 23.1 Å². The lowest BCUT2D eigenvalue weighted by molar-refractivity contribution is -0.142. The van der Waals surface area contributed by atoms with Gasteiger partial charge in [-0.1, -0.05) is 18.2 Å². The van der Waals surface area contributed by atoms with E-state index in [1.165, 1.54) is 5.56 Å². The zero-order valence-electron chi connectivity index (χ0n) is 9.90. The summed E-state index contributed by atoms with van der Waals surface area (Å²) in [6.07, 6.45) is 0.923. The molecule has 0 spiro atoms. The van der Waals surface area contributed by atoms with E-state index in [-0.39, 0.29) is 6.04 Å². The Kier molecular flexibility index (Phi) is 2.41. The second-order valence-electron chi connectivity index (χ2n) is 4.92. The number of hydrogen-bond acceptors (Lipinski definition) is 2. The third kappa shape index (κ3) is 1.47.